The molecule has 3 N–H and O–H groups in total. The first kappa shape index (κ1) is 13.4. The molecule has 2 unspecified atom stereocenters. The molecule has 2 heterocycles. The fraction of sp³-hybridized carbons (Fsp3) is 0.533. The topological polar surface area (TPSA) is 70.6 Å². The van der Waals surface area contributed by atoms with Crippen LogP contribution in [-0.2, 0) is 11.2 Å². The Morgan fingerprint density at radius 1 is 1.50 bits per heavy atom. The average Bonchev–Trinajstić information content (AvgIpc) is 2.91. The number of carbonyl (C=O) groups excluding carboxylic acids is 1. The minimum Gasteiger partial charge on any atom is -0.492 e. The van der Waals surface area contributed by atoms with E-state index in [-0.39, 0.29) is 11.8 Å². The van der Waals surface area contributed by atoms with Crippen LogP contribution in [0, 0.1) is 5.92 Å². The summed E-state index contributed by atoms with van der Waals surface area (Å²) in [5.74, 6) is 0.651. The number of fused-ring (bicyclic) bond motifs is 1. The molecule has 0 aliphatic carbocycles. The summed E-state index contributed by atoms with van der Waals surface area (Å²) in [4.78, 5) is 12.2. The maximum absolute atomic E-state index is 12.2. The number of para-hydroxylation sites is 1. The van der Waals surface area contributed by atoms with Crippen molar-refractivity contribution in [3.05, 3.63) is 29.8 Å². The molecular weight excluding hydrogens is 256 g/mol. The number of hydrogen-bond acceptors (Lipinski definition) is 4. The van der Waals surface area contributed by atoms with Gasteiger partial charge in [0.1, 0.15) is 12.4 Å². The summed E-state index contributed by atoms with van der Waals surface area (Å²) in [6.45, 7) is 2.04. The molecule has 5 heteroatoms. The summed E-state index contributed by atoms with van der Waals surface area (Å²) in [6, 6.07) is 7.80. The minimum absolute atomic E-state index is 0.0418. The molecule has 5 nitrogen and oxygen atoms in total. The Morgan fingerprint density at radius 2 is 2.35 bits per heavy atom. The third-order valence-electron chi connectivity index (χ3n) is 4.06. The molecule has 1 fully saturated rings. The second-order valence-electron chi connectivity index (χ2n) is 5.69. The fourth-order valence-corrected chi connectivity index (χ4v) is 2.77. The van der Waals surface area contributed by atoms with E-state index in [0.717, 1.165) is 17.9 Å². The number of nitrogens with one attached hydrogen (secondary N) is 2. The van der Waals surface area contributed by atoms with E-state index in [1.54, 1.807) is 0 Å². The molecule has 1 amide bonds. The van der Waals surface area contributed by atoms with Crippen molar-refractivity contribution >= 4 is 5.91 Å². The summed E-state index contributed by atoms with van der Waals surface area (Å²) in [5, 5.41) is 16.1. The molecule has 2 aliphatic heterocycles. The number of rotatable bonds is 3. The van der Waals surface area contributed by atoms with Crippen molar-refractivity contribution in [2.45, 2.75) is 18.4 Å². The maximum atomic E-state index is 12.2. The molecule has 108 valence electrons. The second kappa shape index (κ2) is 5.42. The van der Waals surface area contributed by atoms with E-state index in [9.17, 15) is 9.90 Å². The molecule has 1 saturated heterocycles. The van der Waals surface area contributed by atoms with Crippen LogP contribution in [0.1, 0.15) is 12.0 Å². The number of aliphatic hydroxyl groups is 1. The van der Waals surface area contributed by atoms with Gasteiger partial charge in [0.25, 0.3) is 0 Å². The fourth-order valence-electron chi connectivity index (χ4n) is 2.77. The lowest BCUT2D eigenvalue weighted by Gasteiger charge is -2.27. The average molecular weight is 276 g/mol. The number of carbonyl (C=O) groups is 1. The molecule has 0 bridgehead atoms. The Balaban J connectivity index is 1.56. The first-order valence-electron chi connectivity index (χ1n) is 7.08. The third kappa shape index (κ3) is 2.78. The van der Waals surface area contributed by atoms with Crippen LogP contribution in [-0.4, -0.2) is 42.9 Å². The number of amides is 1. The quantitative estimate of drug-likeness (QED) is 0.731. The highest BCUT2D eigenvalue weighted by atomic mass is 16.5. The molecule has 1 aromatic carbocycles. The highest BCUT2D eigenvalue weighted by molar-refractivity contribution is 5.79. The summed E-state index contributed by atoms with van der Waals surface area (Å²) < 4.78 is 5.62. The molecule has 0 saturated carbocycles. The standard InChI is InChI=1S/C15H20N2O3/c18-14(17-10-15(19)5-6-16-9-15)12-7-11-3-1-2-4-13(11)20-8-12/h1-4,12,16,19H,5-10H2,(H,17,18). The number of hydrogen-bond donors (Lipinski definition) is 3. The van der Waals surface area contributed by atoms with Gasteiger partial charge in [-0.05, 0) is 31.0 Å². The zero-order valence-electron chi connectivity index (χ0n) is 11.4. The van der Waals surface area contributed by atoms with Crippen molar-refractivity contribution in [2.24, 2.45) is 5.92 Å². The Morgan fingerprint density at radius 3 is 3.15 bits per heavy atom. The summed E-state index contributed by atoms with van der Waals surface area (Å²) in [6.07, 6.45) is 1.37. The Labute approximate surface area is 118 Å². The molecule has 2 atom stereocenters. The van der Waals surface area contributed by atoms with Gasteiger partial charge in [0.05, 0.1) is 11.5 Å². The molecule has 0 aromatic heterocycles. The maximum Gasteiger partial charge on any atom is 0.226 e. The van der Waals surface area contributed by atoms with Crippen molar-refractivity contribution < 1.29 is 14.6 Å². The monoisotopic (exact) mass is 276 g/mol. The Kier molecular flexibility index (Phi) is 3.63. The first-order chi connectivity index (χ1) is 9.66. The Hall–Kier alpha value is -1.59. The summed E-state index contributed by atoms with van der Waals surface area (Å²) in [5.41, 5.74) is 0.267. The molecule has 20 heavy (non-hydrogen) atoms. The predicted octanol–water partition coefficient (Wildman–Crippen LogP) is 0.0783. The van der Waals surface area contributed by atoms with Crippen LogP contribution in [0.2, 0.25) is 0 Å². The van der Waals surface area contributed by atoms with Gasteiger partial charge >= 0.3 is 0 Å². The van der Waals surface area contributed by atoms with Gasteiger partial charge in [-0.25, -0.2) is 0 Å². The van der Waals surface area contributed by atoms with E-state index in [0.29, 0.717) is 32.5 Å². The van der Waals surface area contributed by atoms with Gasteiger partial charge in [-0.15, -0.1) is 0 Å². The van der Waals surface area contributed by atoms with Crippen molar-refractivity contribution in [2.75, 3.05) is 26.2 Å². The van der Waals surface area contributed by atoms with Gasteiger partial charge in [-0.1, -0.05) is 18.2 Å². The van der Waals surface area contributed by atoms with Crippen molar-refractivity contribution in [3.63, 3.8) is 0 Å². The number of β-amino-alcohol motifs (C(OH)–C–C–N with tert-alkyl or cyclic N) is 1. The number of ether oxygens (including phenoxy) is 1. The van der Waals surface area contributed by atoms with Crippen LogP contribution in [0.5, 0.6) is 5.75 Å². The van der Waals surface area contributed by atoms with Crippen LogP contribution in [0.3, 0.4) is 0 Å². The van der Waals surface area contributed by atoms with E-state index < -0.39 is 5.60 Å². The van der Waals surface area contributed by atoms with Crippen molar-refractivity contribution in [1.29, 1.82) is 0 Å². The van der Waals surface area contributed by atoms with Crippen LogP contribution in [0.15, 0.2) is 24.3 Å². The molecule has 0 spiro atoms. The van der Waals surface area contributed by atoms with Crippen LogP contribution in [0.25, 0.3) is 0 Å². The minimum atomic E-state index is -0.802. The summed E-state index contributed by atoms with van der Waals surface area (Å²) >= 11 is 0. The predicted molar refractivity (Wildman–Crippen MR) is 74.6 cm³/mol. The lowest BCUT2D eigenvalue weighted by molar-refractivity contribution is -0.127. The molecular formula is C15H20N2O3. The smallest absolute Gasteiger partial charge is 0.226 e. The van der Waals surface area contributed by atoms with E-state index in [1.807, 2.05) is 24.3 Å². The van der Waals surface area contributed by atoms with E-state index >= 15 is 0 Å². The van der Waals surface area contributed by atoms with Gasteiger partial charge in [0.2, 0.25) is 5.91 Å². The second-order valence-corrected chi connectivity index (χ2v) is 5.69. The van der Waals surface area contributed by atoms with Gasteiger partial charge in [-0.3, -0.25) is 4.79 Å². The largest absolute Gasteiger partial charge is 0.492 e. The van der Waals surface area contributed by atoms with Gasteiger partial charge in [0.15, 0.2) is 0 Å². The van der Waals surface area contributed by atoms with Gasteiger partial charge in [0, 0.05) is 13.1 Å². The van der Waals surface area contributed by atoms with Crippen molar-refractivity contribution in [3.8, 4) is 5.75 Å². The zero-order chi connectivity index (χ0) is 14.0. The lowest BCUT2D eigenvalue weighted by atomic mass is 9.95. The van der Waals surface area contributed by atoms with E-state index in [1.165, 1.54) is 0 Å². The lowest BCUT2D eigenvalue weighted by Crippen LogP contribution is -2.47. The molecule has 3 rings (SSSR count). The normalized spacial score (nSPS) is 28.6. The molecule has 1 aromatic rings. The molecule has 0 radical (unpaired) electrons. The summed E-state index contributed by atoms with van der Waals surface area (Å²) in [7, 11) is 0. The van der Waals surface area contributed by atoms with Crippen LogP contribution < -0.4 is 15.4 Å². The van der Waals surface area contributed by atoms with Crippen molar-refractivity contribution in [1.82, 2.24) is 10.6 Å². The van der Waals surface area contributed by atoms with Crippen LogP contribution >= 0.6 is 0 Å². The highest BCUT2D eigenvalue weighted by Gasteiger charge is 2.33. The van der Waals surface area contributed by atoms with E-state index in [2.05, 4.69) is 10.6 Å². The molecule has 2 aliphatic rings. The first-order valence-corrected chi connectivity index (χ1v) is 7.08. The highest BCUT2D eigenvalue weighted by Crippen LogP contribution is 2.26. The van der Waals surface area contributed by atoms with Gasteiger partial charge < -0.3 is 20.5 Å². The third-order valence-corrected chi connectivity index (χ3v) is 4.06. The number of benzene rings is 1. The van der Waals surface area contributed by atoms with Gasteiger partial charge in [-0.2, -0.15) is 0 Å². The van der Waals surface area contributed by atoms with Crippen LogP contribution in [0.4, 0.5) is 0 Å². The van der Waals surface area contributed by atoms with E-state index in [4.69, 9.17) is 4.74 Å². The SMILES string of the molecule is O=C(NCC1(O)CCNC1)C1COc2ccccc2C1. The Bertz CT molecular complexity index is 498. The zero-order valence-corrected chi connectivity index (χ0v) is 11.4.